The minimum absolute atomic E-state index is 0. The second-order valence-corrected chi connectivity index (χ2v) is 9.55. The number of benzene rings is 1. The first kappa shape index (κ1) is 21.8. The summed E-state index contributed by atoms with van der Waals surface area (Å²) in [5, 5.41) is 3.23. The molecule has 0 aromatic heterocycles. The van der Waals surface area contributed by atoms with E-state index < -0.39 is 10.0 Å². The Balaban J connectivity index is 0.00000243. The van der Waals surface area contributed by atoms with E-state index >= 15 is 0 Å². The summed E-state index contributed by atoms with van der Waals surface area (Å²) in [5.74, 6) is 2.67. The van der Waals surface area contributed by atoms with Crippen LogP contribution in [0.1, 0.15) is 11.1 Å². The fourth-order valence-corrected chi connectivity index (χ4v) is 5.75. The van der Waals surface area contributed by atoms with Crippen LogP contribution < -0.4 is 5.32 Å². The molecule has 1 saturated heterocycles. The van der Waals surface area contributed by atoms with E-state index in [4.69, 9.17) is 0 Å². The highest BCUT2D eigenvalue weighted by atomic mass is 127. The van der Waals surface area contributed by atoms with Crippen molar-refractivity contribution in [2.45, 2.75) is 13.0 Å². The van der Waals surface area contributed by atoms with Crippen LogP contribution in [0.4, 0.5) is 0 Å². The lowest BCUT2D eigenvalue weighted by atomic mass is 10.0. The SMILES string of the molecule is CN=C(NCCS(=O)(=O)N1CCSCC1)N1CCc2ccccc2C1.I. The Labute approximate surface area is 177 Å². The van der Waals surface area contributed by atoms with E-state index in [1.807, 2.05) is 11.8 Å². The molecule has 0 bridgehead atoms. The minimum Gasteiger partial charge on any atom is -0.355 e. The molecular weight excluding hydrogens is 483 g/mol. The van der Waals surface area contributed by atoms with Gasteiger partial charge in [-0.2, -0.15) is 11.8 Å². The highest BCUT2D eigenvalue weighted by Gasteiger charge is 2.24. The smallest absolute Gasteiger partial charge is 0.215 e. The van der Waals surface area contributed by atoms with Crippen molar-refractivity contribution in [3.8, 4) is 0 Å². The van der Waals surface area contributed by atoms with Crippen LogP contribution in [-0.2, 0) is 23.0 Å². The van der Waals surface area contributed by atoms with Crippen molar-refractivity contribution in [3.05, 3.63) is 35.4 Å². The van der Waals surface area contributed by atoms with Gasteiger partial charge >= 0.3 is 0 Å². The lowest BCUT2D eigenvalue weighted by Gasteiger charge is -2.32. The predicted octanol–water partition coefficient (Wildman–Crippen LogP) is 1.62. The van der Waals surface area contributed by atoms with E-state index in [1.54, 1.807) is 11.4 Å². The van der Waals surface area contributed by atoms with Crippen LogP contribution in [0.3, 0.4) is 0 Å². The molecule has 9 heteroatoms. The number of nitrogens with one attached hydrogen (secondary N) is 1. The Morgan fingerprint density at radius 1 is 1.19 bits per heavy atom. The standard InChI is InChI=1S/C17H26N4O2S2.HI/c1-18-17(20-8-6-15-4-2-3-5-16(15)14-20)19-7-13-25(22,23)21-9-11-24-12-10-21;/h2-5H,6-14H2,1H3,(H,18,19);1H. The summed E-state index contributed by atoms with van der Waals surface area (Å²) in [6.45, 7) is 3.35. The van der Waals surface area contributed by atoms with E-state index in [1.165, 1.54) is 11.1 Å². The van der Waals surface area contributed by atoms with Crippen LogP contribution in [0, 0.1) is 0 Å². The average Bonchev–Trinajstić information content (AvgIpc) is 2.65. The average molecular weight is 510 g/mol. The first-order chi connectivity index (χ1) is 12.1. The Morgan fingerprint density at radius 2 is 1.88 bits per heavy atom. The Hall–Kier alpha value is -0.520. The molecule has 6 nitrogen and oxygen atoms in total. The van der Waals surface area contributed by atoms with E-state index in [9.17, 15) is 8.42 Å². The Kier molecular flexibility index (Phi) is 8.49. The first-order valence-electron chi connectivity index (χ1n) is 8.68. The Morgan fingerprint density at radius 3 is 2.58 bits per heavy atom. The van der Waals surface area contributed by atoms with Crippen LogP contribution in [0.15, 0.2) is 29.3 Å². The van der Waals surface area contributed by atoms with Crippen molar-refractivity contribution in [2.75, 3.05) is 50.5 Å². The van der Waals surface area contributed by atoms with Crippen LogP contribution in [0.5, 0.6) is 0 Å². The van der Waals surface area contributed by atoms with Crippen molar-refractivity contribution in [2.24, 2.45) is 4.99 Å². The molecule has 2 heterocycles. The minimum atomic E-state index is -3.18. The number of thioether (sulfide) groups is 1. The van der Waals surface area contributed by atoms with E-state index in [0.717, 1.165) is 37.0 Å². The zero-order valence-electron chi connectivity index (χ0n) is 15.1. The number of sulfonamides is 1. The molecule has 146 valence electrons. The molecule has 0 aliphatic carbocycles. The van der Waals surface area contributed by atoms with Gasteiger partial charge in [0, 0.05) is 51.3 Å². The maximum Gasteiger partial charge on any atom is 0.215 e. The molecule has 3 rings (SSSR count). The fourth-order valence-electron chi connectivity index (χ4n) is 3.25. The van der Waals surface area contributed by atoms with Gasteiger partial charge in [0.25, 0.3) is 0 Å². The monoisotopic (exact) mass is 510 g/mol. The molecular formula is C17H27IN4O2S2. The molecule has 0 unspecified atom stereocenters. The number of rotatable bonds is 4. The zero-order chi connectivity index (χ0) is 17.7. The zero-order valence-corrected chi connectivity index (χ0v) is 19.0. The first-order valence-corrected chi connectivity index (χ1v) is 11.4. The number of halogens is 1. The maximum absolute atomic E-state index is 12.4. The lowest BCUT2D eigenvalue weighted by Crippen LogP contribution is -2.47. The highest BCUT2D eigenvalue weighted by Crippen LogP contribution is 2.18. The summed E-state index contributed by atoms with van der Waals surface area (Å²) in [5.41, 5.74) is 2.70. The molecule has 2 aliphatic heterocycles. The molecule has 0 atom stereocenters. The summed E-state index contributed by atoms with van der Waals surface area (Å²) in [6.07, 6.45) is 0.987. The van der Waals surface area contributed by atoms with Gasteiger partial charge in [-0.15, -0.1) is 24.0 Å². The number of nitrogens with zero attached hydrogens (tertiary/aromatic N) is 3. The van der Waals surface area contributed by atoms with Gasteiger partial charge in [-0.25, -0.2) is 12.7 Å². The molecule has 1 aromatic rings. The van der Waals surface area contributed by atoms with Crippen LogP contribution in [0.25, 0.3) is 0 Å². The van der Waals surface area contributed by atoms with Gasteiger partial charge in [0.05, 0.1) is 5.75 Å². The normalized spacial score (nSPS) is 18.8. The topological polar surface area (TPSA) is 65.0 Å². The third-order valence-corrected chi connectivity index (χ3v) is 7.46. The van der Waals surface area contributed by atoms with Gasteiger partial charge in [-0.3, -0.25) is 4.99 Å². The van der Waals surface area contributed by atoms with Crippen molar-refractivity contribution in [1.82, 2.24) is 14.5 Å². The highest BCUT2D eigenvalue weighted by molar-refractivity contribution is 14.0. The molecule has 0 radical (unpaired) electrons. The van der Waals surface area contributed by atoms with Crippen molar-refractivity contribution in [3.63, 3.8) is 0 Å². The summed E-state index contributed by atoms with van der Waals surface area (Å²) >= 11 is 1.81. The molecule has 0 spiro atoms. The number of guanidine groups is 1. The summed E-state index contributed by atoms with van der Waals surface area (Å²) < 4.78 is 26.5. The van der Waals surface area contributed by atoms with Crippen molar-refractivity contribution in [1.29, 1.82) is 0 Å². The second kappa shape index (κ2) is 10.1. The molecule has 26 heavy (non-hydrogen) atoms. The number of aliphatic imine (C=N–C) groups is 1. The third kappa shape index (κ3) is 5.49. The number of fused-ring (bicyclic) bond motifs is 1. The number of hydrogen-bond acceptors (Lipinski definition) is 4. The third-order valence-electron chi connectivity index (χ3n) is 4.65. The maximum atomic E-state index is 12.4. The fraction of sp³-hybridized carbons (Fsp3) is 0.588. The van der Waals surface area contributed by atoms with Crippen LogP contribution in [0.2, 0.25) is 0 Å². The van der Waals surface area contributed by atoms with Crippen molar-refractivity contribution >= 4 is 51.7 Å². The molecule has 1 fully saturated rings. The van der Waals surface area contributed by atoms with Crippen molar-refractivity contribution < 1.29 is 8.42 Å². The van der Waals surface area contributed by atoms with Gasteiger partial charge in [-0.1, -0.05) is 24.3 Å². The van der Waals surface area contributed by atoms with E-state index in [2.05, 4.69) is 39.5 Å². The largest absolute Gasteiger partial charge is 0.355 e. The van der Waals surface area contributed by atoms with Gasteiger partial charge in [0.15, 0.2) is 5.96 Å². The lowest BCUT2D eigenvalue weighted by molar-refractivity contribution is 0.379. The predicted molar refractivity (Wildman–Crippen MR) is 120 cm³/mol. The summed E-state index contributed by atoms with van der Waals surface area (Å²) in [4.78, 5) is 6.52. The molecule has 1 N–H and O–H groups in total. The summed E-state index contributed by atoms with van der Waals surface area (Å²) in [7, 11) is -1.43. The summed E-state index contributed by atoms with van der Waals surface area (Å²) in [6, 6.07) is 8.45. The quantitative estimate of drug-likeness (QED) is 0.379. The molecule has 1 aromatic carbocycles. The molecule has 2 aliphatic rings. The van der Waals surface area contributed by atoms with Gasteiger partial charge in [0.2, 0.25) is 10.0 Å². The van der Waals surface area contributed by atoms with Gasteiger partial charge < -0.3 is 10.2 Å². The van der Waals surface area contributed by atoms with E-state index in [0.29, 0.717) is 19.6 Å². The van der Waals surface area contributed by atoms with Gasteiger partial charge in [0.1, 0.15) is 0 Å². The second-order valence-electron chi connectivity index (χ2n) is 6.24. The van der Waals surface area contributed by atoms with E-state index in [-0.39, 0.29) is 29.7 Å². The number of hydrogen-bond donors (Lipinski definition) is 1. The molecule has 0 amide bonds. The molecule has 0 saturated carbocycles. The van der Waals surface area contributed by atoms with Crippen LogP contribution >= 0.6 is 35.7 Å². The van der Waals surface area contributed by atoms with Gasteiger partial charge in [-0.05, 0) is 17.5 Å². The Bertz CT molecular complexity index is 721. The van der Waals surface area contributed by atoms with Crippen LogP contribution in [-0.4, -0.2) is 74.1 Å².